The molecular formula is C21H17BrN2O5. The van der Waals surface area contributed by atoms with E-state index in [1.807, 2.05) is 36.4 Å². The molecule has 0 radical (unpaired) electrons. The molecule has 0 bridgehead atoms. The number of carbonyl (C=O) groups is 1. The number of hydrogen-bond donors (Lipinski definition) is 1. The topological polar surface area (TPSA) is 90.8 Å². The molecule has 3 rings (SSSR count). The van der Waals surface area contributed by atoms with Crippen LogP contribution in [0, 0.1) is 0 Å². The van der Waals surface area contributed by atoms with Crippen LogP contribution >= 0.6 is 15.9 Å². The van der Waals surface area contributed by atoms with Gasteiger partial charge in [-0.25, -0.2) is 4.79 Å². The molecule has 0 atom stereocenters. The Bertz CT molecular complexity index is 1030. The summed E-state index contributed by atoms with van der Waals surface area (Å²) >= 11 is 3.41. The molecule has 0 unspecified atom stereocenters. The summed E-state index contributed by atoms with van der Waals surface area (Å²) in [6, 6.07) is 14.2. The number of carboxylic acids is 1. The maximum atomic E-state index is 12.0. The molecule has 7 nitrogen and oxygen atoms in total. The summed E-state index contributed by atoms with van der Waals surface area (Å²) < 4.78 is 16.5. The molecule has 29 heavy (non-hydrogen) atoms. The Morgan fingerprint density at radius 2 is 1.66 bits per heavy atom. The minimum atomic E-state index is -1.15. The van der Waals surface area contributed by atoms with Gasteiger partial charge in [-0.1, -0.05) is 58.4 Å². The van der Waals surface area contributed by atoms with Gasteiger partial charge in [0, 0.05) is 10.0 Å². The van der Waals surface area contributed by atoms with Crippen molar-refractivity contribution in [3.63, 3.8) is 0 Å². The Morgan fingerprint density at radius 1 is 1.00 bits per heavy atom. The van der Waals surface area contributed by atoms with Gasteiger partial charge in [-0.3, -0.25) is 0 Å². The summed E-state index contributed by atoms with van der Waals surface area (Å²) in [7, 11) is 2.89. The summed E-state index contributed by atoms with van der Waals surface area (Å²) in [4.78, 5) is 20.2. The van der Waals surface area contributed by atoms with Crippen LogP contribution in [-0.4, -0.2) is 35.3 Å². The van der Waals surface area contributed by atoms with Crippen LogP contribution in [0.3, 0.4) is 0 Å². The number of methoxy groups -OCH3 is 2. The second-order valence-electron chi connectivity index (χ2n) is 5.72. The van der Waals surface area contributed by atoms with Gasteiger partial charge in [0.2, 0.25) is 11.8 Å². The molecule has 0 aliphatic carbocycles. The lowest BCUT2D eigenvalue weighted by Crippen LogP contribution is -2.05. The first-order valence-electron chi connectivity index (χ1n) is 8.45. The van der Waals surface area contributed by atoms with Crippen molar-refractivity contribution in [1.82, 2.24) is 9.97 Å². The van der Waals surface area contributed by atoms with Crippen LogP contribution < -0.4 is 14.2 Å². The van der Waals surface area contributed by atoms with Crippen molar-refractivity contribution in [1.29, 1.82) is 0 Å². The summed E-state index contributed by atoms with van der Waals surface area (Å²) in [5.74, 6) is -0.609. The first-order chi connectivity index (χ1) is 14.0. The van der Waals surface area contributed by atoms with Gasteiger partial charge in [-0.15, -0.1) is 0 Å². The lowest BCUT2D eigenvalue weighted by atomic mass is 10.0. The number of halogens is 1. The fourth-order valence-electron chi connectivity index (χ4n) is 2.52. The molecule has 1 heterocycles. The Kier molecular flexibility index (Phi) is 6.46. The van der Waals surface area contributed by atoms with E-state index in [0.29, 0.717) is 10.0 Å². The Hall–Kier alpha value is -3.39. The van der Waals surface area contributed by atoms with E-state index in [1.165, 1.54) is 26.4 Å². The number of carboxylic acid groups (broad SMARTS) is 1. The summed E-state index contributed by atoms with van der Waals surface area (Å²) in [5, 5.41) is 9.82. The van der Waals surface area contributed by atoms with E-state index in [-0.39, 0.29) is 29.1 Å². The number of hydrogen-bond acceptors (Lipinski definition) is 6. The van der Waals surface area contributed by atoms with Crippen LogP contribution in [0.5, 0.6) is 23.5 Å². The SMILES string of the molecule is COc1cc(OC)nc(Oc2ccc(Br)c(C=Cc3ccccc3)c2C(=O)O)n1. The van der Waals surface area contributed by atoms with Gasteiger partial charge in [-0.2, -0.15) is 9.97 Å². The standard InChI is InChI=1S/C21H17BrN2O5/c1-27-17-12-18(28-2)24-21(23-17)29-16-11-10-15(22)14(19(16)20(25)26)9-8-13-6-4-3-5-7-13/h3-12H,1-2H3,(H,25,26). The van der Waals surface area contributed by atoms with Gasteiger partial charge >= 0.3 is 12.0 Å². The van der Waals surface area contributed by atoms with E-state index in [9.17, 15) is 9.90 Å². The smallest absolute Gasteiger partial charge is 0.340 e. The molecule has 148 valence electrons. The molecule has 1 N–H and O–H groups in total. The van der Waals surface area contributed by atoms with Gasteiger partial charge in [0.1, 0.15) is 11.3 Å². The third-order valence-electron chi connectivity index (χ3n) is 3.89. The van der Waals surface area contributed by atoms with Gasteiger partial charge in [0.05, 0.1) is 20.3 Å². The van der Waals surface area contributed by atoms with Gasteiger partial charge in [0.25, 0.3) is 0 Å². The van der Waals surface area contributed by atoms with Gasteiger partial charge in [0.15, 0.2) is 0 Å². The van der Waals surface area contributed by atoms with E-state index in [2.05, 4.69) is 25.9 Å². The van der Waals surface area contributed by atoms with Crippen molar-refractivity contribution in [2.75, 3.05) is 14.2 Å². The fourth-order valence-corrected chi connectivity index (χ4v) is 2.99. The van der Waals surface area contributed by atoms with E-state index in [0.717, 1.165) is 5.56 Å². The third-order valence-corrected chi connectivity index (χ3v) is 4.58. The Labute approximate surface area is 175 Å². The average molecular weight is 457 g/mol. The highest BCUT2D eigenvalue weighted by atomic mass is 79.9. The minimum absolute atomic E-state index is 0.0306. The maximum Gasteiger partial charge on any atom is 0.340 e. The van der Waals surface area contributed by atoms with E-state index >= 15 is 0 Å². The molecule has 2 aromatic carbocycles. The highest BCUT2D eigenvalue weighted by molar-refractivity contribution is 9.10. The van der Waals surface area contributed by atoms with Crippen molar-refractivity contribution >= 4 is 34.1 Å². The number of aromatic carboxylic acids is 1. The van der Waals surface area contributed by atoms with E-state index < -0.39 is 5.97 Å². The van der Waals surface area contributed by atoms with Crippen LogP contribution in [0.4, 0.5) is 0 Å². The zero-order valence-corrected chi connectivity index (χ0v) is 17.2. The predicted molar refractivity (Wildman–Crippen MR) is 112 cm³/mol. The maximum absolute atomic E-state index is 12.0. The second-order valence-corrected chi connectivity index (χ2v) is 6.58. The molecule has 0 aliphatic rings. The van der Waals surface area contributed by atoms with Crippen molar-refractivity contribution in [2.45, 2.75) is 0 Å². The van der Waals surface area contributed by atoms with Crippen molar-refractivity contribution in [2.24, 2.45) is 0 Å². The quantitative estimate of drug-likeness (QED) is 0.504. The molecule has 3 aromatic rings. The van der Waals surface area contributed by atoms with Crippen LogP contribution in [0.2, 0.25) is 0 Å². The van der Waals surface area contributed by atoms with Crippen molar-refractivity contribution in [3.05, 3.63) is 69.7 Å². The van der Waals surface area contributed by atoms with Gasteiger partial charge in [-0.05, 0) is 17.7 Å². The number of nitrogens with zero attached hydrogens (tertiary/aromatic N) is 2. The fraction of sp³-hybridized carbons (Fsp3) is 0.0952. The number of rotatable bonds is 7. The predicted octanol–water partition coefficient (Wildman–Crippen LogP) is 4.92. The van der Waals surface area contributed by atoms with Crippen molar-refractivity contribution in [3.8, 4) is 23.5 Å². The molecule has 1 aromatic heterocycles. The Balaban J connectivity index is 2.04. The zero-order chi connectivity index (χ0) is 20.8. The van der Waals surface area contributed by atoms with Crippen LogP contribution in [0.1, 0.15) is 21.5 Å². The largest absolute Gasteiger partial charge is 0.481 e. The zero-order valence-electron chi connectivity index (χ0n) is 15.6. The molecule has 0 saturated carbocycles. The molecular weight excluding hydrogens is 440 g/mol. The molecule has 0 spiro atoms. The van der Waals surface area contributed by atoms with Gasteiger partial charge < -0.3 is 19.3 Å². The van der Waals surface area contributed by atoms with Crippen molar-refractivity contribution < 1.29 is 24.1 Å². The normalized spacial score (nSPS) is 10.7. The summed E-state index contributed by atoms with van der Waals surface area (Å²) in [6.07, 6.45) is 3.53. The van der Waals surface area contributed by atoms with Crippen LogP contribution in [-0.2, 0) is 0 Å². The van der Waals surface area contributed by atoms with Crippen LogP contribution in [0.15, 0.2) is 53.0 Å². The molecule has 0 fully saturated rings. The van der Waals surface area contributed by atoms with Crippen LogP contribution in [0.25, 0.3) is 12.2 Å². The summed E-state index contributed by atoms with van der Waals surface area (Å²) in [5.41, 5.74) is 1.36. The molecule has 8 heteroatoms. The monoisotopic (exact) mass is 456 g/mol. The minimum Gasteiger partial charge on any atom is -0.481 e. The molecule has 0 amide bonds. The van der Waals surface area contributed by atoms with E-state index in [1.54, 1.807) is 12.1 Å². The highest BCUT2D eigenvalue weighted by Gasteiger charge is 2.20. The number of ether oxygens (including phenoxy) is 3. The first kappa shape index (κ1) is 20.3. The lowest BCUT2D eigenvalue weighted by Gasteiger charge is -2.12. The number of benzene rings is 2. The highest BCUT2D eigenvalue weighted by Crippen LogP contribution is 2.33. The second kappa shape index (κ2) is 9.20. The molecule has 0 aliphatic heterocycles. The molecule has 0 saturated heterocycles. The third kappa shape index (κ3) is 4.91. The van der Waals surface area contributed by atoms with E-state index in [4.69, 9.17) is 14.2 Å². The summed E-state index contributed by atoms with van der Waals surface area (Å²) in [6.45, 7) is 0. The lowest BCUT2D eigenvalue weighted by molar-refractivity contribution is 0.0693. The first-order valence-corrected chi connectivity index (χ1v) is 9.25. The average Bonchev–Trinajstić information content (AvgIpc) is 2.74. The Morgan fingerprint density at radius 3 is 2.24 bits per heavy atom. The number of aromatic nitrogens is 2.